The van der Waals surface area contributed by atoms with Crippen molar-refractivity contribution in [2.45, 2.75) is 26.3 Å². The lowest BCUT2D eigenvalue weighted by Gasteiger charge is -2.30. The fourth-order valence-corrected chi connectivity index (χ4v) is 3.59. The molecule has 1 N–H and O–H groups in total. The minimum absolute atomic E-state index is 0.0522. The molecule has 2 heterocycles. The summed E-state index contributed by atoms with van der Waals surface area (Å²) in [6, 6.07) is 16.5. The van der Waals surface area contributed by atoms with Crippen molar-refractivity contribution >= 4 is 17.3 Å². The average Bonchev–Trinajstić information content (AvgIpc) is 2.91. The summed E-state index contributed by atoms with van der Waals surface area (Å²) < 4.78 is 2.30. The van der Waals surface area contributed by atoms with Crippen molar-refractivity contribution in [1.82, 2.24) is 9.55 Å². The first-order valence-corrected chi connectivity index (χ1v) is 8.26. The van der Waals surface area contributed by atoms with Crippen LogP contribution in [0.2, 0.25) is 5.02 Å². The van der Waals surface area contributed by atoms with Crippen molar-refractivity contribution in [2.75, 3.05) is 5.32 Å². The molecule has 0 fully saturated rings. The van der Waals surface area contributed by atoms with Crippen LogP contribution in [-0.2, 0) is 6.42 Å². The molecule has 0 spiro atoms. The molecule has 116 valence electrons. The van der Waals surface area contributed by atoms with Crippen LogP contribution in [0.1, 0.15) is 35.7 Å². The molecule has 1 aliphatic rings. The highest BCUT2D eigenvalue weighted by Gasteiger charge is 2.29. The Bertz CT molecular complexity index is 882. The predicted molar refractivity (Wildman–Crippen MR) is 94.6 cm³/mol. The summed E-state index contributed by atoms with van der Waals surface area (Å²) in [6.45, 7) is 4.23. The number of nitrogens with zero attached hydrogens (tertiary/aromatic N) is 2. The second kappa shape index (κ2) is 5.43. The van der Waals surface area contributed by atoms with E-state index in [0.29, 0.717) is 0 Å². The van der Waals surface area contributed by atoms with E-state index in [-0.39, 0.29) is 6.04 Å². The molecule has 0 saturated heterocycles. The number of benzene rings is 2. The number of halogens is 1. The van der Waals surface area contributed by atoms with E-state index in [1.807, 2.05) is 18.2 Å². The monoisotopic (exact) mass is 323 g/mol. The molecule has 4 heteroatoms. The summed E-state index contributed by atoms with van der Waals surface area (Å²) in [5, 5.41) is 4.41. The van der Waals surface area contributed by atoms with Gasteiger partial charge in [-0.25, -0.2) is 4.98 Å². The second-order valence-electron chi connectivity index (χ2n) is 5.84. The van der Waals surface area contributed by atoms with Crippen molar-refractivity contribution in [3.05, 3.63) is 76.3 Å². The van der Waals surface area contributed by atoms with Crippen LogP contribution in [-0.4, -0.2) is 9.55 Å². The molecule has 1 atom stereocenters. The molecule has 0 amide bonds. The van der Waals surface area contributed by atoms with Gasteiger partial charge in [0, 0.05) is 11.4 Å². The summed E-state index contributed by atoms with van der Waals surface area (Å²) >= 11 is 6.21. The van der Waals surface area contributed by atoms with Gasteiger partial charge in [-0.2, -0.15) is 0 Å². The minimum Gasteiger partial charge on any atom is -0.371 e. The molecular formula is C19H18ClN3. The molecule has 2 aromatic carbocycles. The molecular weight excluding hydrogens is 306 g/mol. The highest BCUT2D eigenvalue weighted by atomic mass is 35.5. The molecule has 0 radical (unpaired) electrons. The lowest BCUT2D eigenvalue weighted by atomic mass is 9.99. The van der Waals surface area contributed by atoms with Crippen molar-refractivity contribution < 1.29 is 0 Å². The molecule has 3 aromatic rings. The van der Waals surface area contributed by atoms with E-state index >= 15 is 0 Å². The first-order valence-electron chi connectivity index (χ1n) is 7.88. The largest absolute Gasteiger partial charge is 0.371 e. The van der Waals surface area contributed by atoms with E-state index in [0.717, 1.165) is 34.2 Å². The summed E-state index contributed by atoms with van der Waals surface area (Å²) in [4.78, 5) is 4.80. The van der Waals surface area contributed by atoms with Gasteiger partial charge in [-0.15, -0.1) is 0 Å². The number of aryl methyl sites for hydroxylation is 2. The maximum Gasteiger partial charge on any atom is 0.113 e. The number of rotatable bonds is 2. The van der Waals surface area contributed by atoms with Gasteiger partial charge in [0.05, 0.1) is 28.8 Å². The summed E-state index contributed by atoms with van der Waals surface area (Å²) in [5.74, 6) is 1.10. The first-order chi connectivity index (χ1) is 11.2. The molecule has 23 heavy (non-hydrogen) atoms. The van der Waals surface area contributed by atoms with Crippen molar-refractivity contribution in [1.29, 1.82) is 0 Å². The molecule has 0 aliphatic carbocycles. The Kier molecular flexibility index (Phi) is 3.38. The van der Waals surface area contributed by atoms with Gasteiger partial charge in [0.1, 0.15) is 5.82 Å². The summed E-state index contributed by atoms with van der Waals surface area (Å²) in [5.41, 5.74) is 5.70. The van der Waals surface area contributed by atoms with Crippen LogP contribution in [0.5, 0.6) is 0 Å². The van der Waals surface area contributed by atoms with Gasteiger partial charge in [0.15, 0.2) is 0 Å². The normalized spacial score (nSPS) is 15.7. The van der Waals surface area contributed by atoms with E-state index in [2.05, 4.69) is 54.1 Å². The van der Waals surface area contributed by atoms with Crippen molar-refractivity contribution in [3.8, 4) is 5.69 Å². The number of para-hydroxylation sites is 2. The molecule has 1 aliphatic heterocycles. The number of imidazole rings is 1. The lowest BCUT2D eigenvalue weighted by molar-refractivity contribution is 0.772. The van der Waals surface area contributed by atoms with Crippen LogP contribution < -0.4 is 5.32 Å². The highest BCUT2D eigenvalue weighted by Crippen LogP contribution is 2.39. The minimum atomic E-state index is 0.0522. The Balaban J connectivity index is 1.98. The Morgan fingerprint density at radius 1 is 1.17 bits per heavy atom. The van der Waals surface area contributed by atoms with Gasteiger partial charge in [-0.1, -0.05) is 42.8 Å². The molecule has 0 bridgehead atoms. The van der Waals surface area contributed by atoms with Crippen molar-refractivity contribution in [2.24, 2.45) is 0 Å². The zero-order valence-corrected chi connectivity index (χ0v) is 13.9. The standard InChI is InChI=1S/C19H18ClN3/c1-3-17-21-12(2)19-18(13-7-6-8-14(20)11-13)22-15-9-4-5-10-16(15)23(17)19/h4-11,18,22H,3H2,1-2H3. The van der Waals surface area contributed by atoms with Crippen LogP contribution in [0.3, 0.4) is 0 Å². The predicted octanol–water partition coefficient (Wildman–Crippen LogP) is 4.91. The first kappa shape index (κ1) is 14.3. The molecule has 1 unspecified atom stereocenters. The molecule has 4 rings (SSSR count). The van der Waals surface area contributed by atoms with Crippen LogP contribution in [0.4, 0.5) is 5.69 Å². The van der Waals surface area contributed by atoms with Gasteiger partial charge in [-0.05, 0) is 36.8 Å². The lowest BCUT2D eigenvalue weighted by Crippen LogP contribution is -2.23. The van der Waals surface area contributed by atoms with Crippen LogP contribution in [0.25, 0.3) is 5.69 Å². The Labute approximate surface area is 140 Å². The zero-order chi connectivity index (χ0) is 16.0. The number of hydrogen-bond acceptors (Lipinski definition) is 2. The third kappa shape index (κ3) is 2.23. The van der Waals surface area contributed by atoms with E-state index in [9.17, 15) is 0 Å². The maximum atomic E-state index is 6.21. The Morgan fingerprint density at radius 3 is 2.78 bits per heavy atom. The van der Waals surface area contributed by atoms with E-state index in [1.54, 1.807) is 0 Å². The van der Waals surface area contributed by atoms with Gasteiger partial charge in [0.2, 0.25) is 0 Å². The second-order valence-corrected chi connectivity index (χ2v) is 6.27. The van der Waals surface area contributed by atoms with Gasteiger partial charge < -0.3 is 5.32 Å². The number of hydrogen-bond donors (Lipinski definition) is 1. The summed E-state index contributed by atoms with van der Waals surface area (Å²) in [6.07, 6.45) is 0.900. The van der Waals surface area contributed by atoms with E-state index in [4.69, 9.17) is 16.6 Å². The van der Waals surface area contributed by atoms with Crippen LogP contribution in [0.15, 0.2) is 48.5 Å². The third-order valence-electron chi connectivity index (χ3n) is 4.38. The van der Waals surface area contributed by atoms with Crippen LogP contribution >= 0.6 is 11.6 Å². The topological polar surface area (TPSA) is 29.9 Å². The fraction of sp³-hybridized carbons (Fsp3) is 0.211. The van der Waals surface area contributed by atoms with Crippen molar-refractivity contribution in [3.63, 3.8) is 0 Å². The number of fused-ring (bicyclic) bond motifs is 3. The van der Waals surface area contributed by atoms with Crippen LogP contribution in [0, 0.1) is 6.92 Å². The molecule has 1 aromatic heterocycles. The third-order valence-corrected chi connectivity index (χ3v) is 4.62. The Morgan fingerprint density at radius 2 is 2.00 bits per heavy atom. The van der Waals surface area contributed by atoms with E-state index < -0.39 is 0 Å². The zero-order valence-electron chi connectivity index (χ0n) is 13.2. The quantitative estimate of drug-likeness (QED) is 0.726. The SMILES string of the molecule is CCc1nc(C)c2n1-c1ccccc1NC2c1cccc(Cl)c1. The fourth-order valence-electron chi connectivity index (χ4n) is 3.39. The number of nitrogens with one attached hydrogen (secondary N) is 1. The number of anilines is 1. The molecule has 0 saturated carbocycles. The summed E-state index contributed by atoms with van der Waals surface area (Å²) in [7, 11) is 0. The smallest absolute Gasteiger partial charge is 0.113 e. The average molecular weight is 324 g/mol. The van der Waals surface area contributed by atoms with E-state index in [1.165, 1.54) is 11.4 Å². The Hall–Kier alpha value is -2.26. The van der Waals surface area contributed by atoms with Gasteiger partial charge in [0.25, 0.3) is 0 Å². The van der Waals surface area contributed by atoms with Gasteiger partial charge >= 0.3 is 0 Å². The maximum absolute atomic E-state index is 6.21. The number of aromatic nitrogens is 2. The highest BCUT2D eigenvalue weighted by molar-refractivity contribution is 6.30. The van der Waals surface area contributed by atoms with Gasteiger partial charge in [-0.3, -0.25) is 4.57 Å². The molecule has 3 nitrogen and oxygen atoms in total.